The second-order valence-corrected chi connectivity index (χ2v) is 8.62. The molecule has 2 aromatic carbocycles. The van der Waals surface area contributed by atoms with Gasteiger partial charge in [-0.05, 0) is 66.6 Å². The molecule has 2 heterocycles. The molecule has 0 fully saturated rings. The van der Waals surface area contributed by atoms with E-state index in [1.807, 2.05) is 37.3 Å². The molecule has 7 nitrogen and oxygen atoms in total. The highest BCUT2D eigenvalue weighted by atomic mass is 32.2. The van der Waals surface area contributed by atoms with Gasteiger partial charge in [0, 0.05) is 16.7 Å². The summed E-state index contributed by atoms with van der Waals surface area (Å²) in [6.45, 7) is 6.71. The van der Waals surface area contributed by atoms with E-state index >= 15 is 0 Å². The molecular formula is C22H23N5O2S2. The Bertz CT molecular complexity index is 1190. The van der Waals surface area contributed by atoms with Gasteiger partial charge in [0.25, 0.3) is 0 Å². The fourth-order valence-corrected chi connectivity index (χ4v) is 4.80. The maximum atomic E-state index is 5.60. The maximum Gasteiger partial charge on any atom is 0.214 e. The van der Waals surface area contributed by atoms with Gasteiger partial charge in [0.1, 0.15) is 5.01 Å². The molecule has 0 saturated carbocycles. The van der Waals surface area contributed by atoms with Crippen molar-refractivity contribution in [2.24, 2.45) is 0 Å². The molecule has 0 unspecified atom stereocenters. The average molecular weight is 454 g/mol. The topological polar surface area (TPSA) is 75.0 Å². The average Bonchev–Trinajstić information content (AvgIpc) is 3.44. The fourth-order valence-electron chi connectivity index (χ4n) is 3.10. The van der Waals surface area contributed by atoms with E-state index in [0.29, 0.717) is 18.1 Å². The monoisotopic (exact) mass is 453 g/mol. The Morgan fingerprint density at radius 1 is 1.13 bits per heavy atom. The minimum atomic E-state index is 0.593. The van der Waals surface area contributed by atoms with Crippen molar-refractivity contribution in [3.8, 4) is 27.8 Å². The molecule has 0 bridgehead atoms. The number of thioether (sulfide) groups is 1. The van der Waals surface area contributed by atoms with E-state index in [0.717, 1.165) is 38.4 Å². The lowest BCUT2D eigenvalue weighted by Gasteiger charge is -2.10. The molecule has 4 aromatic rings. The van der Waals surface area contributed by atoms with Crippen LogP contribution in [0.5, 0.6) is 11.5 Å². The predicted octanol–water partition coefficient (Wildman–Crippen LogP) is 5.10. The second kappa shape index (κ2) is 9.49. The van der Waals surface area contributed by atoms with E-state index < -0.39 is 0 Å². The number of tetrazole rings is 1. The zero-order valence-corrected chi connectivity index (χ0v) is 19.5. The van der Waals surface area contributed by atoms with E-state index in [2.05, 4.69) is 40.8 Å². The van der Waals surface area contributed by atoms with Crippen LogP contribution in [0.15, 0.2) is 46.9 Å². The van der Waals surface area contributed by atoms with Crippen molar-refractivity contribution in [3.05, 3.63) is 58.6 Å². The Balaban J connectivity index is 1.50. The largest absolute Gasteiger partial charge is 0.493 e. The standard InChI is InChI=1S/C22H23N5O2S2/c1-5-29-19-10-9-16(11-20(19)28-4)21-23-17(12-30-21)13-31-22-24-25-26-27(22)18-8-6-7-14(2)15(18)3/h6-12H,5,13H2,1-4H3. The van der Waals surface area contributed by atoms with Crippen molar-refractivity contribution in [2.45, 2.75) is 31.7 Å². The normalized spacial score (nSPS) is 11.0. The number of aryl methyl sites for hydroxylation is 1. The lowest BCUT2D eigenvalue weighted by atomic mass is 10.1. The lowest BCUT2D eigenvalue weighted by Crippen LogP contribution is -2.02. The number of nitrogens with zero attached hydrogens (tertiary/aromatic N) is 5. The molecule has 0 aliphatic carbocycles. The Labute approximate surface area is 189 Å². The number of ether oxygens (including phenoxy) is 2. The highest BCUT2D eigenvalue weighted by molar-refractivity contribution is 7.98. The second-order valence-electron chi connectivity index (χ2n) is 6.82. The Kier molecular flexibility index (Phi) is 6.53. The van der Waals surface area contributed by atoms with E-state index in [-0.39, 0.29) is 0 Å². The molecule has 9 heteroatoms. The van der Waals surface area contributed by atoms with Gasteiger partial charge in [0.2, 0.25) is 5.16 Å². The van der Waals surface area contributed by atoms with Crippen LogP contribution in [0.3, 0.4) is 0 Å². The van der Waals surface area contributed by atoms with Gasteiger partial charge in [-0.25, -0.2) is 4.98 Å². The molecule has 31 heavy (non-hydrogen) atoms. The SMILES string of the molecule is CCOc1ccc(-c2nc(CSc3nnnn3-c3cccc(C)c3C)cs2)cc1OC. The number of aromatic nitrogens is 5. The van der Waals surface area contributed by atoms with Crippen LogP contribution in [-0.2, 0) is 5.75 Å². The van der Waals surface area contributed by atoms with Crippen molar-refractivity contribution in [3.63, 3.8) is 0 Å². The first-order chi connectivity index (χ1) is 15.1. The fraction of sp³-hybridized carbons (Fsp3) is 0.273. The smallest absolute Gasteiger partial charge is 0.214 e. The summed E-state index contributed by atoms with van der Waals surface area (Å²) in [4.78, 5) is 4.79. The third-order valence-electron chi connectivity index (χ3n) is 4.86. The van der Waals surface area contributed by atoms with Gasteiger partial charge < -0.3 is 9.47 Å². The number of thiazole rings is 1. The first-order valence-corrected chi connectivity index (χ1v) is 11.7. The van der Waals surface area contributed by atoms with Crippen LogP contribution in [0.1, 0.15) is 23.7 Å². The zero-order chi connectivity index (χ0) is 21.8. The van der Waals surface area contributed by atoms with Crippen LogP contribution in [-0.4, -0.2) is 38.9 Å². The number of hydrogen-bond donors (Lipinski definition) is 0. The lowest BCUT2D eigenvalue weighted by molar-refractivity contribution is 0.311. The third-order valence-corrected chi connectivity index (χ3v) is 6.75. The van der Waals surface area contributed by atoms with E-state index in [1.54, 1.807) is 34.9 Å². The van der Waals surface area contributed by atoms with Crippen LogP contribution in [0.2, 0.25) is 0 Å². The van der Waals surface area contributed by atoms with Gasteiger partial charge in [-0.3, -0.25) is 0 Å². The van der Waals surface area contributed by atoms with E-state index in [9.17, 15) is 0 Å². The summed E-state index contributed by atoms with van der Waals surface area (Å²) in [5.41, 5.74) is 5.35. The molecule has 0 aliphatic rings. The van der Waals surface area contributed by atoms with Crippen LogP contribution >= 0.6 is 23.1 Å². The van der Waals surface area contributed by atoms with E-state index in [1.165, 1.54) is 5.56 Å². The molecule has 2 aromatic heterocycles. The predicted molar refractivity (Wildman–Crippen MR) is 123 cm³/mol. The number of methoxy groups -OCH3 is 1. The summed E-state index contributed by atoms with van der Waals surface area (Å²) in [5, 5.41) is 16.0. The molecule has 0 saturated heterocycles. The number of rotatable bonds is 8. The van der Waals surface area contributed by atoms with Gasteiger partial charge >= 0.3 is 0 Å². The minimum Gasteiger partial charge on any atom is -0.493 e. The highest BCUT2D eigenvalue weighted by Crippen LogP contribution is 2.34. The minimum absolute atomic E-state index is 0.593. The summed E-state index contributed by atoms with van der Waals surface area (Å²) in [6, 6.07) is 12.0. The molecule has 0 aliphatic heterocycles. The van der Waals surface area contributed by atoms with Crippen LogP contribution in [0.4, 0.5) is 0 Å². The molecule has 0 atom stereocenters. The number of hydrogen-bond acceptors (Lipinski definition) is 8. The molecule has 0 N–H and O–H groups in total. The summed E-state index contributed by atoms with van der Waals surface area (Å²) in [6.07, 6.45) is 0. The van der Waals surface area contributed by atoms with Gasteiger partial charge in [-0.2, -0.15) is 4.68 Å². The van der Waals surface area contributed by atoms with Crippen LogP contribution in [0.25, 0.3) is 16.3 Å². The molecular weight excluding hydrogens is 430 g/mol. The Morgan fingerprint density at radius 3 is 2.81 bits per heavy atom. The highest BCUT2D eigenvalue weighted by Gasteiger charge is 2.14. The van der Waals surface area contributed by atoms with Crippen molar-refractivity contribution in [2.75, 3.05) is 13.7 Å². The van der Waals surface area contributed by atoms with Gasteiger partial charge in [0.05, 0.1) is 25.1 Å². The summed E-state index contributed by atoms with van der Waals surface area (Å²) >= 11 is 3.17. The first kappa shape index (κ1) is 21.3. The Morgan fingerprint density at radius 2 is 2.00 bits per heavy atom. The first-order valence-electron chi connectivity index (χ1n) is 9.84. The molecule has 0 radical (unpaired) electrons. The Hall–Kier alpha value is -2.91. The summed E-state index contributed by atoms with van der Waals surface area (Å²) in [7, 11) is 1.64. The van der Waals surface area contributed by atoms with Gasteiger partial charge in [-0.1, -0.05) is 23.9 Å². The van der Waals surface area contributed by atoms with Crippen LogP contribution < -0.4 is 9.47 Å². The summed E-state index contributed by atoms with van der Waals surface area (Å²) < 4.78 is 12.8. The molecule has 4 rings (SSSR count). The molecule has 0 spiro atoms. The number of benzene rings is 2. The maximum absolute atomic E-state index is 5.60. The van der Waals surface area contributed by atoms with Crippen molar-refractivity contribution >= 4 is 23.1 Å². The van der Waals surface area contributed by atoms with Crippen molar-refractivity contribution in [1.29, 1.82) is 0 Å². The van der Waals surface area contributed by atoms with Crippen molar-refractivity contribution in [1.82, 2.24) is 25.2 Å². The third kappa shape index (κ3) is 4.57. The van der Waals surface area contributed by atoms with Gasteiger partial charge in [-0.15, -0.1) is 16.4 Å². The quantitative estimate of drug-likeness (QED) is 0.344. The van der Waals surface area contributed by atoms with E-state index in [4.69, 9.17) is 14.5 Å². The molecule has 160 valence electrons. The summed E-state index contributed by atoms with van der Waals surface area (Å²) in [5.74, 6) is 2.12. The van der Waals surface area contributed by atoms with Crippen molar-refractivity contribution < 1.29 is 9.47 Å². The van der Waals surface area contributed by atoms with Crippen LogP contribution in [0, 0.1) is 13.8 Å². The van der Waals surface area contributed by atoms with Gasteiger partial charge in [0.15, 0.2) is 11.5 Å². The molecule has 0 amide bonds. The zero-order valence-electron chi connectivity index (χ0n) is 17.8.